The third kappa shape index (κ3) is 16.3. The van der Waals surface area contributed by atoms with Crippen molar-refractivity contribution in [2.45, 2.75) is 215 Å². The van der Waals surface area contributed by atoms with E-state index < -0.39 is 160 Å². The van der Waals surface area contributed by atoms with Gasteiger partial charge in [-0.3, -0.25) is 9.59 Å². The summed E-state index contributed by atoms with van der Waals surface area (Å²) in [7, 11) is 0. The van der Waals surface area contributed by atoms with Crippen molar-refractivity contribution in [2.24, 2.45) is 0 Å². The van der Waals surface area contributed by atoms with Gasteiger partial charge in [0.15, 0.2) is 25.2 Å². The smallest absolute Gasteiger partial charge is 0.317 e. The minimum Gasteiger partial charge on any atom is -0.481 e. The van der Waals surface area contributed by atoms with Gasteiger partial charge < -0.3 is 104 Å². The van der Waals surface area contributed by atoms with Crippen LogP contribution in [0.1, 0.15) is 86.5 Å². The van der Waals surface area contributed by atoms with E-state index in [0.29, 0.717) is 19.3 Å². The molecule has 0 aromatic heterocycles. The molecule has 4 rings (SSSR count). The summed E-state index contributed by atoms with van der Waals surface area (Å²) in [4.78, 5) is 23.2. The SMILES string of the molecule is C=C[C@](C)(CC/C=C(\C)CC/C=C(\C)CC/C=C(/C)CO[C@@H]1O[C@H](CO)[C@@H](O[C@@H]2O[C@@H](C)[C@H](O)[C@@H](O)[C@H]2O)[C@H](O)[C@H]1O)O[C@@H]1O[C@H](COC(=O)CC(=O)O)[C@@H](O[C@@H]2O[C@@H](C)[C@H](O)[C@@H](O)[C@H]2O)[C@H](O)[C@H]1O. The normalized spacial score (nSPS) is 39.8. The number of aliphatic carboxylic acids is 1. The van der Waals surface area contributed by atoms with Crippen molar-refractivity contribution in [3.05, 3.63) is 47.6 Å². The fourth-order valence-electron chi connectivity index (χ4n) is 8.22. The Balaban J connectivity index is 1.23. The van der Waals surface area contributed by atoms with Crippen LogP contribution in [0.4, 0.5) is 0 Å². The Morgan fingerprint density at radius 3 is 1.56 bits per heavy atom. The summed E-state index contributed by atoms with van der Waals surface area (Å²) in [5, 5.41) is 124. The number of hydrogen-bond acceptors (Lipinski definition) is 22. The van der Waals surface area contributed by atoms with Crippen LogP contribution in [0.25, 0.3) is 0 Å². The van der Waals surface area contributed by atoms with Crippen LogP contribution in [0.15, 0.2) is 47.6 Å². The summed E-state index contributed by atoms with van der Waals surface area (Å²) in [6.07, 6.45) is -19.2. The minimum atomic E-state index is -1.80. The zero-order valence-corrected chi connectivity index (χ0v) is 40.5. The maximum Gasteiger partial charge on any atom is 0.317 e. The van der Waals surface area contributed by atoms with Crippen LogP contribution in [0.3, 0.4) is 0 Å². The van der Waals surface area contributed by atoms with Gasteiger partial charge in [-0.2, -0.15) is 0 Å². The summed E-state index contributed by atoms with van der Waals surface area (Å²) in [6, 6.07) is 0. The first kappa shape index (κ1) is 59.7. The van der Waals surface area contributed by atoms with Gasteiger partial charge in [0.1, 0.15) is 98.5 Å². The van der Waals surface area contributed by atoms with Gasteiger partial charge in [0.25, 0.3) is 0 Å². The second kappa shape index (κ2) is 27.4. The van der Waals surface area contributed by atoms with Crippen molar-refractivity contribution in [3.8, 4) is 0 Å². The van der Waals surface area contributed by atoms with Crippen LogP contribution < -0.4 is 0 Å². The molecule has 4 fully saturated rings. The third-order valence-electron chi connectivity index (χ3n) is 12.9. The predicted molar refractivity (Wildman–Crippen MR) is 241 cm³/mol. The molecule has 0 aromatic rings. The molecule has 70 heavy (non-hydrogen) atoms. The molecule has 402 valence electrons. The van der Waals surface area contributed by atoms with Gasteiger partial charge in [-0.25, -0.2) is 0 Å². The quantitative estimate of drug-likeness (QED) is 0.0297. The molecule has 0 bridgehead atoms. The van der Waals surface area contributed by atoms with Gasteiger partial charge in [0, 0.05) is 0 Å². The predicted octanol–water partition coefficient (Wildman–Crippen LogP) is -1.53. The van der Waals surface area contributed by atoms with Gasteiger partial charge in [-0.1, -0.05) is 41.0 Å². The first-order valence-electron chi connectivity index (χ1n) is 23.5. The van der Waals surface area contributed by atoms with E-state index in [2.05, 4.69) is 12.7 Å². The highest BCUT2D eigenvalue weighted by molar-refractivity contribution is 5.90. The molecule has 23 heteroatoms. The van der Waals surface area contributed by atoms with Crippen LogP contribution in [-0.4, -0.2) is 221 Å². The summed E-state index contributed by atoms with van der Waals surface area (Å²) in [5.74, 6) is -2.57. The lowest BCUT2D eigenvalue weighted by molar-refractivity contribution is -0.363. The number of esters is 1. The lowest BCUT2D eigenvalue weighted by atomic mass is 9.95. The van der Waals surface area contributed by atoms with Gasteiger partial charge in [0.05, 0.1) is 31.0 Å². The molecule has 0 unspecified atom stereocenters. The third-order valence-corrected chi connectivity index (χ3v) is 12.9. The van der Waals surface area contributed by atoms with Gasteiger partial charge in [0.2, 0.25) is 0 Å². The molecule has 23 nitrogen and oxygen atoms in total. The second-order valence-corrected chi connectivity index (χ2v) is 18.8. The largest absolute Gasteiger partial charge is 0.481 e. The van der Waals surface area contributed by atoms with Gasteiger partial charge in [-0.15, -0.1) is 6.58 Å². The van der Waals surface area contributed by atoms with E-state index in [0.717, 1.165) is 36.0 Å². The standard InChI is InChI=1S/C47H76O23/c1-8-47(7,70-46-40(61)36(57)42(28(67-46)21-62-30(51)18-29(49)50)69-45-38(59)34(55)32(53)26(6)65-45)17-11-16-23(3)13-9-12-22(2)14-10-15-24(4)20-63-43-39(60)35(56)41(27(19-48)66-43)68-44-37(58)33(54)31(52)25(5)64-44/h8,12,15-16,25-28,31-46,48,52-61H,1,9-11,13-14,17-21H2,2-7H3,(H,49,50)/b22-12+,23-16+,24-15-/t25-,26-,27+,28+,31-,32-,33+,34+,35+,36+,37+,38+,39+,40+,41+,42+,43+,44-,45-,46-,47+/m0/s1. The number of carboxylic acid groups (broad SMARTS) is 1. The molecule has 0 saturated carbocycles. The Hall–Kier alpha value is -2.86. The molecule has 0 aliphatic carbocycles. The molecule has 4 aliphatic heterocycles. The number of allylic oxidation sites excluding steroid dienone is 5. The molecule has 21 atom stereocenters. The van der Waals surface area contributed by atoms with Crippen molar-refractivity contribution in [1.29, 1.82) is 0 Å². The Kier molecular flexibility index (Phi) is 23.4. The summed E-state index contributed by atoms with van der Waals surface area (Å²) in [6.45, 7) is 13.1. The first-order chi connectivity index (χ1) is 32.9. The second-order valence-electron chi connectivity index (χ2n) is 18.8. The van der Waals surface area contributed by atoms with E-state index in [1.807, 2.05) is 32.9 Å². The van der Waals surface area contributed by atoms with E-state index in [1.165, 1.54) is 19.9 Å². The van der Waals surface area contributed by atoms with Gasteiger partial charge in [-0.05, 0) is 80.1 Å². The Morgan fingerprint density at radius 1 is 0.600 bits per heavy atom. The molecule has 12 N–H and O–H groups in total. The fraction of sp³-hybridized carbons (Fsp3) is 0.787. The lowest BCUT2D eigenvalue weighted by Gasteiger charge is -2.47. The molecule has 0 radical (unpaired) electrons. The molecular weight excluding hydrogens is 932 g/mol. The summed E-state index contributed by atoms with van der Waals surface area (Å²) in [5.41, 5.74) is 1.96. The lowest BCUT2D eigenvalue weighted by Crippen LogP contribution is -2.64. The molecule has 0 aromatic carbocycles. The highest BCUT2D eigenvalue weighted by Crippen LogP contribution is 2.34. The van der Waals surface area contributed by atoms with Crippen LogP contribution in [0.5, 0.6) is 0 Å². The highest BCUT2D eigenvalue weighted by atomic mass is 16.8. The van der Waals surface area contributed by atoms with Crippen LogP contribution in [0.2, 0.25) is 0 Å². The average molecular weight is 1010 g/mol. The van der Waals surface area contributed by atoms with Crippen LogP contribution >= 0.6 is 0 Å². The van der Waals surface area contributed by atoms with Crippen LogP contribution in [0, 0.1) is 0 Å². The maximum atomic E-state index is 12.1. The Morgan fingerprint density at radius 2 is 1.06 bits per heavy atom. The van der Waals surface area contributed by atoms with E-state index in [1.54, 1.807) is 6.92 Å². The maximum absolute atomic E-state index is 12.1. The number of rotatable bonds is 24. The van der Waals surface area contributed by atoms with Crippen molar-refractivity contribution in [1.82, 2.24) is 0 Å². The van der Waals surface area contributed by atoms with E-state index >= 15 is 0 Å². The van der Waals surface area contributed by atoms with Crippen molar-refractivity contribution in [2.75, 3.05) is 19.8 Å². The number of carbonyl (C=O) groups is 2. The molecule has 0 spiro atoms. The number of hydrogen-bond donors (Lipinski definition) is 12. The van der Waals surface area contributed by atoms with Gasteiger partial charge >= 0.3 is 11.9 Å². The Bertz CT molecular complexity index is 1760. The zero-order chi connectivity index (χ0) is 52.2. The molecule has 4 saturated heterocycles. The molecule has 0 amide bonds. The fourth-order valence-corrected chi connectivity index (χ4v) is 8.22. The van der Waals surface area contributed by atoms with E-state index in [4.69, 9.17) is 47.7 Å². The minimum absolute atomic E-state index is 0.0488. The molecule has 4 heterocycles. The summed E-state index contributed by atoms with van der Waals surface area (Å²) < 4.78 is 51.0. The van der Waals surface area contributed by atoms with Crippen molar-refractivity contribution >= 4 is 11.9 Å². The number of aliphatic hydroxyl groups excluding tert-OH is 11. The highest BCUT2D eigenvalue weighted by Gasteiger charge is 2.53. The number of carbonyl (C=O) groups excluding carboxylic acids is 1. The Labute approximate surface area is 407 Å². The van der Waals surface area contributed by atoms with E-state index in [-0.39, 0.29) is 6.61 Å². The molecule has 4 aliphatic rings. The number of ether oxygens (including phenoxy) is 9. The summed E-state index contributed by atoms with van der Waals surface area (Å²) >= 11 is 0. The van der Waals surface area contributed by atoms with Crippen molar-refractivity contribution in [3.63, 3.8) is 0 Å². The van der Waals surface area contributed by atoms with E-state index in [9.17, 15) is 65.8 Å². The van der Waals surface area contributed by atoms with Crippen molar-refractivity contribution < 1.29 is 113 Å². The first-order valence-corrected chi connectivity index (χ1v) is 23.5. The number of carboxylic acids is 1. The topological polar surface area (TPSA) is 360 Å². The monoisotopic (exact) mass is 1010 g/mol. The number of aliphatic hydroxyl groups is 11. The average Bonchev–Trinajstić information content (AvgIpc) is 3.31. The molecular formula is C47H76O23. The zero-order valence-electron chi connectivity index (χ0n) is 40.5. The van der Waals surface area contributed by atoms with Crippen LogP contribution in [-0.2, 0) is 52.2 Å².